The summed E-state index contributed by atoms with van der Waals surface area (Å²) in [6.45, 7) is 3.93. The number of aromatic nitrogens is 1. The minimum atomic E-state index is -1.03. The molecule has 0 spiro atoms. The van der Waals surface area contributed by atoms with E-state index < -0.39 is 10.9 Å². The lowest BCUT2D eigenvalue weighted by Crippen LogP contribution is -2.28. The molecule has 12 heteroatoms. The molecule has 44 heavy (non-hydrogen) atoms. The van der Waals surface area contributed by atoms with Gasteiger partial charge in [0, 0.05) is 23.5 Å². The van der Waals surface area contributed by atoms with E-state index in [-0.39, 0.29) is 23.7 Å². The van der Waals surface area contributed by atoms with Crippen LogP contribution >= 0.6 is 11.8 Å². The number of aryl methyl sites for hydroxylation is 1. The number of carboxylic acid groups (broad SMARTS) is 1. The molecule has 3 aromatic carbocycles. The minimum Gasteiger partial charge on any atom is -0.497 e. The second kappa shape index (κ2) is 12.5. The van der Waals surface area contributed by atoms with Gasteiger partial charge in [-0.3, -0.25) is 19.8 Å². The molecule has 1 aliphatic heterocycles. The van der Waals surface area contributed by atoms with Gasteiger partial charge in [0.25, 0.3) is 11.6 Å². The molecule has 0 aliphatic carbocycles. The van der Waals surface area contributed by atoms with Crippen molar-refractivity contribution in [3.63, 3.8) is 0 Å². The highest BCUT2D eigenvalue weighted by atomic mass is 32.2. The van der Waals surface area contributed by atoms with Crippen LogP contribution in [0.4, 0.5) is 11.4 Å². The summed E-state index contributed by atoms with van der Waals surface area (Å²) in [4.78, 5) is 42.9. The summed E-state index contributed by atoms with van der Waals surface area (Å²) in [6, 6.07) is 19.8. The molecule has 5 rings (SSSR count). The fraction of sp³-hybridized carbons (Fsp3) is 0.156. The lowest BCUT2D eigenvalue weighted by molar-refractivity contribution is -0.384. The predicted octanol–water partition coefficient (Wildman–Crippen LogP) is 6.52. The van der Waals surface area contributed by atoms with E-state index in [0.717, 1.165) is 22.5 Å². The molecule has 0 atom stereocenters. The first-order valence-corrected chi connectivity index (χ1v) is 14.2. The number of carboxylic acids is 1. The van der Waals surface area contributed by atoms with E-state index in [1.54, 1.807) is 60.6 Å². The summed E-state index contributed by atoms with van der Waals surface area (Å²) in [7, 11) is 3.08. The monoisotopic (exact) mass is 612 g/mol. The van der Waals surface area contributed by atoms with Gasteiger partial charge in [-0.15, -0.1) is 0 Å². The maximum absolute atomic E-state index is 13.8. The number of thioether (sulfide) groups is 1. The van der Waals surface area contributed by atoms with Crippen molar-refractivity contribution in [1.29, 1.82) is 0 Å². The fourth-order valence-electron chi connectivity index (χ4n) is 4.85. The van der Waals surface area contributed by atoms with Gasteiger partial charge < -0.3 is 19.1 Å². The first-order chi connectivity index (χ1) is 21.1. The summed E-state index contributed by atoms with van der Waals surface area (Å²) in [6.07, 6.45) is 1.78. The number of benzene rings is 3. The van der Waals surface area contributed by atoms with Crippen molar-refractivity contribution in [2.45, 2.75) is 20.4 Å². The molecular formula is C32H28N4O7S. The molecule has 2 heterocycles. The zero-order valence-electron chi connectivity index (χ0n) is 24.3. The van der Waals surface area contributed by atoms with E-state index in [9.17, 15) is 24.8 Å². The zero-order valence-corrected chi connectivity index (χ0v) is 25.1. The van der Waals surface area contributed by atoms with Crippen LogP contribution in [0, 0.1) is 24.0 Å². The first kappa shape index (κ1) is 30.1. The van der Waals surface area contributed by atoms with Gasteiger partial charge in [0.15, 0.2) is 5.17 Å². The Hall–Kier alpha value is -5.36. The second-order valence-corrected chi connectivity index (χ2v) is 10.9. The van der Waals surface area contributed by atoms with Crippen molar-refractivity contribution in [3.8, 4) is 17.2 Å². The maximum Gasteiger partial charge on any atom is 0.335 e. The molecule has 1 saturated heterocycles. The van der Waals surface area contributed by atoms with Crippen molar-refractivity contribution < 1.29 is 29.1 Å². The normalized spacial score (nSPS) is 14.8. The molecular weight excluding hydrogens is 584 g/mol. The molecule has 1 fully saturated rings. The van der Waals surface area contributed by atoms with Crippen LogP contribution in [0.5, 0.6) is 11.5 Å². The Morgan fingerprint density at radius 1 is 1.02 bits per heavy atom. The van der Waals surface area contributed by atoms with Gasteiger partial charge in [0.05, 0.1) is 47.5 Å². The van der Waals surface area contributed by atoms with Crippen LogP contribution in [-0.2, 0) is 11.3 Å². The molecule has 4 aromatic rings. The average Bonchev–Trinajstić information content (AvgIpc) is 3.46. The second-order valence-electron chi connectivity index (χ2n) is 9.87. The van der Waals surface area contributed by atoms with Gasteiger partial charge in [0.2, 0.25) is 0 Å². The van der Waals surface area contributed by atoms with Crippen LogP contribution in [0.25, 0.3) is 11.8 Å². The number of nitro benzene ring substituents is 1. The van der Waals surface area contributed by atoms with E-state index in [4.69, 9.17) is 14.5 Å². The lowest BCUT2D eigenvalue weighted by Gasteiger charge is -2.16. The number of nitrogens with zero attached hydrogens (tertiary/aromatic N) is 4. The van der Waals surface area contributed by atoms with E-state index in [1.807, 2.05) is 24.5 Å². The number of amides is 1. The Bertz CT molecular complexity index is 1830. The third-order valence-corrected chi connectivity index (χ3v) is 8.10. The average molecular weight is 613 g/mol. The fourth-order valence-corrected chi connectivity index (χ4v) is 5.83. The van der Waals surface area contributed by atoms with E-state index in [1.165, 1.54) is 43.1 Å². The van der Waals surface area contributed by atoms with Gasteiger partial charge >= 0.3 is 5.97 Å². The number of nitro groups is 1. The number of non-ortho nitro benzene ring substituents is 1. The number of methoxy groups -OCH3 is 2. The number of rotatable bonds is 9. The number of aromatic carboxylic acids is 1. The standard InChI is InChI=1S/C32H28N4O7S/c1-19-15-23(20(2)35(19)27-17-25(36(40)41)11-14-28(27)43-4)16-29-30(37)34(18-21-5-7-22(8-6-21)31(38)39)32(44-29)33-24-9-12-26(42-3)13-10-24/h5-17H,18H2,1-4H3,(H,38,39)/b29-16-,33-32?. The molecule has 224 valence electrons. The van der Waals surface area contributed by atoms with Crippen LogP contribution < -0.4 is 9.47 Å². The number of hydrogen-bond donors (Lipinski definition) is 1. The van der Waals surface area contributed by atoms with Crippen LogP contribution in [0.1, 0.15) is 32.9 Å². The molecule has 11 nitrogen and oxygen atoms in total. The molecule has 0 bridgehead atoms. The van der Waals surface area contributed by atoms with Gasteiger partial charge in [-0.2, -0.15) is 0 Å². The summed E-state index contributed by atoms with van der Waals surface area (Å²) >= 11 is 1.23. The topological polar surface area (TPSA) is 136 Å². The van der Waals surface area contributed by atoms with E-state index in [0.29, 0.717) is 32.9 Å². The summed E-state index contributed by atoms with van der Waals surface area (Å²) in [5, 5.41) is 21.2. The number of hydrogen-bond acceptors (Lipinski definition) is 8. The Morgan fingerprint density at radius 2 is 1.73 bits per heavy atom. The quantitative estimate of drug-likeness (QED) is 0.128. The predicted molar refractivity (Wildman–Crippen MR) is 168 cm³/mol. The SMILES string of the molecule is COc1ccc(N=C2S/C(=C\c3cc(C)n(-c4cc([N+](=O)[O-])ccc4OC)c3C)C(=O)N2Cc2ccc(C(=O)O)cc2)cc1. The maximum atomic E-state index is 13.8. The highest BCUT2D eigenvalue weighted by molar-refractivity contribution is 8.18. The molecule has 1 amide bonds. The van der Waals surface area contributed by atoms with Crippen molar-refractivity contribution in [1.82, 2.24) is 9.47 Å². The van der Waals surface area contributed by atoms with Gasteiger partial charge in [-0.05, 0) is 91.3 Å². The number of amidine groups is 1. The van der Waals surface area contributed by atoms with E-state index in [2.05, 4.69) is 0 Å². The van der Waals surface area contributed by atoms with Crippen molar-refractivity contribution in [2.75, 3.05) is 14.2 Å². The minimum absolute atomic E-state index is 0.0684. The number of carbonyl (C=O) groups is 2. The largest absolute Gasteiger partial charge is 0.497 e. The molecule has 0 unspecified atom stereocenters. The smallest absolute Gasteiger partial charge is 0.335 e. The van der Waals surface area contributed by atoms with E-state index >= 15 is 0 Å². The molecule has 1 aliphatic rings. The first-order valence-electron chi connectivity index (χ1n) is 13.4. The Morgan fingerprint density at radius 3 is 2.34 bits per heavy atom. The highest BCUT2D eigenvalue weighted by Gasteiger charge is 2.34. The third kappa shape index (κ3) is 6.06. The Labute approximate surface area is 257 Å². The number of ether oxygens (including phenoxy) is 2. The molecule has 1 N–H and O–H groups in total. The van der Waals surface area contributed by atoms with Crippen LogP contribution in [-0.4, -0.2) is 50.8 Å². The van der Waals surface area contributed by atoms with Crippen LogP contribution in [0.15, 0.2) is 82.7 Å². The van der Waals surface area contributed by atoms with Gasteiger partial charge in [-0.1, -0.05) is 12.1 Å². The molecule has 1 aromatic heterocycles. The summed E-state index contributed by atoms with van der Waals surface area (Å²) in [5.74, 6) is -0.147. The summed E-state index contributed by atoms with van der Waals surface area (Å²) < 4.78 is 12.6. The number of aliphatic imine (C=N–C) groups is 1. The third-order valence-electron chi connectivity index (χ3n) is 7.10. The van der Waals surface area contributed by atoms with Crippen LogP contribution in [0.2, 0.25) is 0 Å². The zero-order chi connectivity index (χ0) is 31.5. The Kier molecular flexibility index (Phi) is 8.54. The Balaban J connectivity index is 1.54. The van der Waals surface area contributed by atoms with Gasteiger partial charge in [-0.25, -0.2) is 9.79 Å². The van der Waals surface area contributed by atoms with Crippen molar-refractivity contribution in [2.24, 2.45) is 4.99 Å². The summed E-state index contributed by atoms with van der Waals surface area (Å²) in [5.41, 5.74) is 4.28. The molecule has 0 radical (unpaired) electrons. The van der Waals surface area contributed by atoms with Crippen molar-refractivity contribution in [3.05, 3.63) is 116 Å². The van der Waals surface area contributed by atoms with Gasteiger partial charge in [0.1, 0.15) is 11.5 Å². The lowest BCUT2D eigenvalue weighted by atomic mass is 10.1. The highest BCUT2D eigenvalue weighted by Crippen LogP contribution is 2.37. The van der Waals surface area contributed by atoms with Crippen molar-refractivity contribution >= 4 is 46.3 Å². The van der Waals surface area contributed by atoms with Crippen LogP contribution in [0.3, 0.4) is 0 Å². The number of carbonyl (C=O) groups excluding carboxylic acids is 1. The molecule has 0 saturated carbocycles.